The third-order valence-electron chi connectivity index (χ3n) is 2.50. The van der Waals surface area contributed by atoms with Crippen LogP contribution in [0.5, 0.6) is 0 Å². The van der Waals surface area contributed by atoms with E-state index in [1.807, 2.05) is 37.3 Å². The van der Waals surface area contributed by atoms with E-state index in [4.69, 9.17) is 4.74 Å². The summed E-state index contributed by atoms with van der Waals surface area (Å²) in [6.45, 7) is 8.84. The van der Waals surface area contributed by atoms with Crippen LogP contribution >= 0.6 is 0 Å². The number of carbonyl (C=O) groups excluding carboxylic acids is 1. The van der Waals surface area contributed by atoms with Crippen molar-refractivity contribution >= 4 is 14.0 Å². The average Bonchev–Trinajstić information content (AvgIpc) is 2.35. The summed E-state index contributed by atoms with van der Waals surface area (Å²) in [6.07, 6.45) is 0.329. The van der Waals surface area contributed by atoms with E-state index in [0.717, 1.165) is 5.56 Å². The van der Waals surface area contributed by atoms with Gasteiger partial charge in [-0.1, -0.05) is 50.0 Å². The zero-order chi connectivity index (χ0) is 14.3. The largest absolute Gasteiger partial charge is 0.466 e. The van der Waals surface area contributed by atoms with Crippen molar-refractivity contribution in [2.45, 2.75) is 38.9 Å². The Kier molecular flexibility index (Phi) is 5.84. The molecule has 0 aromatic heterocycles. The maximum atomic E-state index is 11.7. The lowest BCUT2D eigenvalue weighted by atomic mass is 9.97. The van der Waals surface area contributed by atoms with Crippen LogP contribution in [-0.4, -0.2) is 20.7 Å². The van der Waals surface area contributed by atoms with Crippen LogP contribution in [0.4, 0.5) is 0 Å². The molecule has 0 heterocycles. The van der Waals surface area contributed by atoms with Crippen molar-refractivity contribution in [3.8, 4) is 11.5 Å². The average molecular weight is 274 g/mol. The Morgan fingerprint density at radius 2 is 1.89 bits per heavy atom. The molecule has 1 aromatic rings. The highest BCUT2D eigenvalue weighted by atomic mass is 28.3. The monoisotopic (exact) mass is 274 g/mol. The fourth-order valence-electron chi connectivity index (χ4n) is 1.63. The predicted molar refractivity (Wildman–Crippen MR) is 81.6 cm³/mol. The van der Waals surface area contributed by atoms with Crippen molar-refractivity contribution in [1.82, 2.24) is 0 Å². The summed E-state index contributed by atoms with van der Waals surface area (Å²) < 4.78 is 5.03. The lowest BCUT2D eigenvalue weighted by Crippen LogP contribution is -2.17. The highest BCUT2D eigenvalue weighted by molar-refractivity contribution is 6.83. The standard InChI is InChI=1S/C16H22O2Si/c1-5-18-16(17)13-15(11-12-19(2,3)4)14-9-7-6-8-10-14/h6-10,15H,5,13H2,1-4H3/t15-/m0/s1. The Morgan fingerprint density at radius 3 is 2.42 bits per heavy atom. The summed E-state index contributed by atoms with van der Waals surface area (Å²) in [4.78, 5) is 11.7. The Hall–Kier alpha value is -1.53. The van der Waals surface area contributed by atoms with Crippen LogP contribution in [0.25, 0.3) is 0 Å². The maximum Gasteiger partial charge on any atom is 0.307 e. The van der Waals surface area contributed by atoms with Crippen molar-refractivity contribution in [2.75, 3.05) is 6.61 Å². The smallest absolute Gasteiger partial charge is 0.307 e. The second-order valence-corrected chi connectivity index (χ2v) is 10.2. The first-order chi connectivity index (χ1) is 8.92. The van der Waals surface area contributed by atoms with E-state index in [0.29, 0.717) is 13.0 Å². The molecule has 3 heteroatoms. The van der Waals surface area contributed by atoms with Gasteiger partial charge in [0.25, 0.3) is 0 Å². The quantitative estimate of drug-likeness (QED) is 0.476. The minimum atomic E-state index is -1.44. The van der Waals surface area contributed by atoms with Crippen LogP contribution in [0, 0.1) is 11.5 Å². The van der Waals surface area contributed by atoms with Gasteiger partial charge in [-0.3, -0.25) is 4.79 Å². The van der Waals surface area contributed by atoms with Gasteiger partial charge in [-0.25, -0.2) is 0 Å². The second kappa shape index (κ2) is 7.15. The first-order valence-electron chi connectivity index (χ1n) is 6.65. The molecular formula is C16H22O2Si. The molecule has 0 unspecified atom stereocenters. The Bertz CT molecular complexity index is 463. The lowest BCUT2D eigenvalue weighted by Gasteiger charge is -2.12. The number of hydrogen-bond acceptors (Lipinski definition) is 2. The molecule has 0 radical (unpaired) electrons. The van der Waals surface area contributed by atoms with E-state index in [2.05, 4.69) is 31.1 Å². The summed E-state index contributed by atoms with van der Waals surface area (Å²) in [7, 11) is -1.44. The Balaban J connectivity index is 2.91. The molecule has 2 nitrogen and oxygen atoms in total. The molecular weight excluding hydrogens is 252 g/mol. The molecule has 0 N–H and O–H groups in total. The van der Waals surface area contributed by atoms with E-state index in [1.54, 1.807) is 0 Å². The van der Waals surface area contributed by atoms with Gasteiger partial charge in [0.2, 0.25) is 0 Å². The second-order valence-electron chi connectivity index (χ2n) is 5.49. The maximum absolute atomic E-state index is 11.7. The molecule has 1 rings (SSSR count). The molecule has 0 aliphatic heterocycles. The van der Waals surface area contributed by atoms with Crippen LogP contribution in [0.3, 0.4) is 0 Å². The topological polar surface area (TPSA) is 26.3 Å². The first kappa shape index (κ1) is 15.5. The molecule has 0 aliphatic carbocycles. The SMILES string of the molecule is CCOC(=O)C[C@H](C#C[Si](C)(C)C)c1ccccc1. The molecule has 0 bridgehead atoms. The van der Waals surface area contributed by atoms with Gasteiger partial charge in [0, 0.05) is 0 Å². The molecule has 0 saturated heterocycles. The van der Waals surface area contributed by atoms with Crippen molar-refractivity contribution in [2.24, 2.45) is 0 Å². The number of carbonyl (C=O) groups is 1. The minimum Gasteiger partial charge on any atom is -0.466 e. The molecule has 19 heavy (non-hydrogen) atoms. The van der Waals surface area contributed by atoms with E-state index < -0.39 is 8.07 Å². The van der Waals surface area contributed by atoms with Gasteiger partial charge in [0.1, 0.15) is 8.07 Å². The van der Waals surface area contributed by atoms with Crippen molar-refractivity contribution in [3.63, 3.8) is 0 Å². The summed E-state index contributed by atoms with van der Waals surface area (Å²) in [5.41, 5.74) is 4.43. The van der Waals surface area contributed by atoms with Gasteiger partial charge in [-0.2, -0.15) is 0 Å². The summed E-state index contributed by atoms with van der Waals surface area (Å²) in [5.74, 6) is 3.03. The van der Waals surface area contributed by atoms with Crippen molar-refractivity contribution in [1.29, 1.82) is 0 Å². The van der Waals surface area contributed by atoms with E-state index in [1.165, 1.54) is 0 Å². The van der Waals surface area contributed by atoms with Gasteiger partial charge in [-0.15, -0.1) is 11.5 Å². The molecule has 0 fully saturated rings. The van der Waals surface area contributed by atoms with Crippen LogP contribution in [0.2, 0.25) is 19.6 Å². The highest BCUT2D eigenvalue weighted by Gasteiger charge is 2.16. The van der Waals surface area contributed by atoms with Crippen LogP contribution in [-0.2, 0) is 9.53 Å². The fourth-order valence-corrected chi connectivity index (χ4v) is 2.24. The summed E-state index contributed by atoms with van der Waals surface area (Å²) in [6, 6.07) is 9.95. The third kappa shape index (κ3) is 6.26. The third-order valence-corrected chi connectivity index (χ3v) is 3.39. The fraction of sp³-hybridized carbons (Fsp3) is 0.438. The number of esters is 1. The van der Waals surface area contributed by atoms with Crippen LogP contribution in [0.15, 0.2) is 30.3 Å². The molecule has 102 valence electrons. The van der Waals surface area contributed by atoms with E-state index in [9.17, 15) is 4.79 Å². The predicted octanol–water partition coefficient (Wildman–Crippen LogP) is 3.60. The van der Waals surface area contributed by atoms with Crippen LogP contribution in [0.1, 0.15) is 24.8 Å². The minimum absolute atomic E-state index is 0.0630. The molecule has 1 aromatic carbocycles. The molecule has 1 atom stereocenters. The lowest BCUT2D eigenvalue weighted by molar-refractivity contribution is -0.143. The highest BCUT2D eigenvalue weighted by Crippen LogP contribution is 2.19. The number of rotatable bonds is 4. The van der Waals surface area contributed by atoms with Gasteiger partial charge in [0.15, 0.2) is 0 Å². The van der Waals surface area contributed by atoms with Gasteiger partial charge >= 0.3 is 5.97 Å². The number of hydrogen-bond donors (Lipinski definition) is 0. The summed E-state index contributed by atoms with van der Waals surface area (Å²) >= 11 is 0. The Labute approximate surface area is 117 Å². The van der Waals surface area contributed by atoms with E-state index >= 15 is 0 Å². The van der Waals surface area contributed by atoms with Gasteiger partial charge in [-0.05, 0) is 12.5 Å². The molecule has 0 amide bonds. The number of benzene rings is 1. The van der Waals surface area contributed by atoms with Crippen molar-refractivity contribution < 1.29 is 9.53 Å². The molecule has 0 aliphatic rings. The molecule has 0 spiro atoms. The zero-order valence-electron chi connectivity index (χ0n) is 12.2. The Morgan fingerprint density at radius 1 is 1.26 bits per heavy atom. The normalized spacial score (nSPS) is 12.2. The van der Waals surface area contributed by atoms with Crippen molar-refractivity contribution in [3.05, 3.63) is 35.9 Å². The van der Waals surface area contributed by atoms with Gasteiger partial charge in [0.05, 0.1) is 18.9 Å². The summed E-state index contributed by atoms with van der Waals surface area (Å²) in [5, 5.41) is 0. The molecule has 0 saturated carbocycles. The first-order valence-corrected chi connectivity index (χ1v) is 10.2. The van der Waals surface area contributed by atoms with Crippen LogP contribution < -0.4 is 0 Å². The van der Waals surface area contributed by atoms with E-state index in [-0.39, 0.29) is 11.9 Å². The number of ether oxygens (including phenoxy) is 1. The zero-order valence-corrected chi connectivity index (χ0v) is 13.2. The van der Waals surface area contributed by atoms with Gasteiger partial charge < -0.3 is 4.74 Å².